The van der Waals surface area contributed by atoms with E-state index in [0.717, 1.165) is 36.6 Å². The topological polar surface area (TPSA) is 61.9 Å². The highest BCUT2D eigenvalue weighted by molar-refractivity contribution is 6.04. The van der Waals surface area contributed by atoms with Crippen LogP contribution >= 0.6 is 0 Å². The molecule has 1 unspecified atom stereocenters. The molecule has 2 amide bonds. The summed E-state index contributed by atoms with van der Waals surface area (Å²) in [6.07, 6.45) is 1.20. The molecule has 29 heavy (non-hydrogen) atoms. The molecule has 2 aliphatic rings. The first kappa shape index (κ1) is 19.5. The van der Waals surface area contributed by atoms with Crippen molar-refractivity contribution in [3.63, 3.8) is 0 Å². The Bertz CT molecular complexity index is 875. The predicted octanol–water partition coefficient (Wildman–Crippen LogP) is 3.08. The van der Waals surface area contributed by atoms with Crippen LogP contribution in [0.15, 0.2) is 48.5 Å². The molecule has 1 atom stereocenters. The smallest absolute Gasteiger partial charge is 0.229 e. The van der Waals surface area contributed by atoms with E-state index in [0.29, 0.717) is 19.8 Å². The van der Waals surface area contributed by atoms with E-state index in [-0.39, 0.29) is 24.2 Å². The van der Waals surface area contributed by atoms with Crippen LogP contribution in [-0.4, -0.2) is 44.7 Å². The van der Waals surface area contributed by atoms with Gasteiger partial charge in [0.25, 0.3) is 0 Å². The first-order valence-electron chi connectivity index (χ1n) is 10.3. The van der Waals surface area contributed by atoms with Crippen molar-refractivity contribution in [2.24, 2.45) is 5.92 Å². The molecule has 2 aromatic rings. The number of hydrogen-bond donors (Lipinski definition) is 1. The first-order valence-corrected chi connectivity index (χ1v) is 10.3. The standard InChI is InChI=1S/C23H27N3O3/c1-2-17-7-9-19(10-8-17)26-16-18(15-22(26)27)23(28)24-20-5-3-4-6-21(20)25-11-13-29-14-12-25/h3-10,18H,2,11-16H2,1H3,(H,24,28). The molecule has 2 aliphatic heterocycles. The highest BCUT2D eigenvalue weighted by atomic mass is 16.5. The largest absolute Gasteiger partial charge is 0.378 e. The quantitative estimate of drug-likeness (QED) is 0.848. The second-order valence-electron chi connectivity index (χ2n) is 7.53. The number of nitrogens with one attached hydrogen (secondary N) is 1. The van der Waals surface area contributed by atoms with E-state index >= 15 is 0 Å². The van der Waals surface area contributed by atoms with Crippen LogP contribution in [0, 0.1) is 5.92 Å². The van der Waals surface area contributed by atoms with E-state index in [9.17, 15) is 9.59 Å². The van der Waals surface area contributed by atoms with Crippen LogP contribution in [0.4, 0.5) is 17.1 Å². The fourth-order valence-corrected chi connectivity index (χ4v) is 3.94. The summed E-state index contributed by atoms with van der Waals surface area (Å²) in [5.41, 5.74) is 3.88. The zero-order valence-electron chi connectivity index (χ0n) is 16.8. The molecule has 0 bridgehead atoms. The Hall–Kier alpha value is -2.86. The van der Waals surface area contributed by atoms with E-state index in [1.807, 2.05) is 48.5 Å². The third kappa shape index (κ3) is 4.27. The lowest BCUT2D eigenvalue weighted by Gasteiger charge is -2.30. The maximum Gasteiger partial charge on any atom is 0.229 e. The van der Waals surface area contributed by atoms with Gasteiger partial charge in [0, 0.05) is 31.7 Å². The Morgan fingerprint density at radius 2 is 1.83 bits per heavy atom. The molecule has 4 rings (SSSR count). The number of aryl methyl sites for hydroxylation is 1. The number of morpholine rings is 1. The van der Waals surface area contributed by atoms with Crippen molar-refractivity contribution in [1.82, 2.24) is 0 Å². The molecule has 2 saturated heterocycles. The number of ether oxygens (including phenoxy) is 1. The van der Waals surface area contributed by atoms with Crippen LogP contribution < -0.4 is 15.1 Å². The number of nitrogens with zero attached hydrogens (tertiary/aromatic N) is 2. The first-order chi connectivity index (χ1) is 14.2. The molecule has 2 fully saturated rings. The monoisotopic (exact) mass is 393 g/mol. The minimum atomic E-state index is -0.355. The molecule has 0 radical (unpaired) electrons. The molecular formula is C23H27N3O3. The fourth-order valence-electron chi connectivity index (χ4n) is 3.94. The zero-order chi connectivity index (χ0) is 20.2. The number of amides is 2. The second kappa shape index (κ2) is 8.66. The van der Waals surface area contributed by atoms with Crippen LogP contribution in [-0.2, 0) is 20.7 Å². The molecule has 6 nitrogen and oxygen atoms in total. The van der Waals surface area contributed by atoms with Crippen molar-refractivity contribution in [1.29, 1.82) is 0 Å². The number of hydrogen-bond acceptors (Lipinski definition) is 4. The van der Waals surface area contributed by atoms with Crippen molar-refractivity contribution in [3.05, 3.63) is 54.1 Å². The number of rotatable bonds is 5. The average molecular weight is 393 g/mol. The SMILES string of the molecule is CCc1ccc(N2CC(C(=O)Nc3ccccc3N3CCOCC3)CC2=O)cc1. The molecule has 0 aliphatic carbocycles. The summed E-state index contributed by atoms with van der Waals surface area (Å²) in [6.45, 7) is 5.49. The number of anilines is 3. The Kier molecular flexibility index (Phi) is 5.81. The van der Waals surface area contributed by atoms with E-state index < -0.39 is 0 Å². The summed E-state index contributed by atoms with van der Waals surface area (Å²) in [5, 5.41) is 3.06. The summed E-state index contributed by atoms with van der Waals surface area (Å²) >= 11 is 0. The molecule has 0 spiro atoms. The van der Waals surface area contributed by atoms with Crippen LogP contribution in [0.5, 0.6) is 0 Å². The summed E-state index contributed by atoms with van der Waals surface area (Å²) in [6, 6.07) is 15.8. The fraction of sp³-hybridized carbons (Fsp3) is 0.391. The summed E-state index contributed by atoms with van der Waals surface area (Å²) < 4.78 is 5.43. The third-order valence-corrected chi connectivity index (χ3v) is 5.67. The lowest BCUT2D eigenvalue weighted by Crippen LogP contribution is -2.37. The number of carbonyl (C=O) groups excluding carboxylic acids is 2. The Labute approximate surface area is 171 Å². The van der Waals surface area contributed by atoms with E-state index in [4.69, 9.17) is 4.74 Å². The lowest BCUT2D eigenvalue weighted by atomic mass is 10.1. The van der Waals surface area contributed by atoms with Gasteiger partial charge in [-0.05, 0) is 36.2 Å². The minimum absolute atomic E-state index is 0.00383. The van der Waals surface area contributed by atoms with Crippen LogP contribution in [0.3, 0.4) is 0 Å². The van der Waals surface area contributed by atoms with Gasteiger partial charge < -0.3 is 19.9 Å². The summed E-state index contributed by atoms with van der Waals surface area (Å²) in [4.78, 5) is 29.4. The van der Waals surface area contributed by atoms with Gasteiger partial charge >= 0.3 is 0 Å². The molecule has 1 N–H and O–H groups in total. The molecule has 152 valence electrons. The van der Waals surface area contributed by atoms with Gasteiger partial charge in [-0.3, -0.25) is 9.59 Å². The van der Waals surface area contributed by atoms with Gasteiger partial charge in [-0.1, -0.05) is 31.2 Å². The van der Waals surface area contributed by atoms with Crippen molar-refractivity contribution in [2.75, 3.05) is 48.0 Å². The van der Waals surface area contributed by atoms with Crippen molar-refractivity contribution < 1.29 is 14.3 Å². The van der Waals surface area contributed by atoms with E-state index in [1.54, 1.807) is 4.90 Å². The molecule has 2 heterocycles. The third-order valence-electron chi connectivity index (χ3n) is 5.67. The second-order valence-corrected chi connectivity index (χ2v) is 7.53. The molecule has 0 saturated carbocycles. The average Bonchev–Trinajstić information content (AvgIpc) is 3.16. The van der Waals surface area contributed by atoms with E-state index in [2.05, 4.69) is 17.1 Å². The highest BCUT2D eigenvalue weighted by Crippen LogP contribution is 2.30. The predicted molar refractivity (Wildman–Crippen MR) is 114 cm³/mol. The lowest BCUT2D eigenvalue weighted by molar-refractivity contribution is -0.122. The summed E-state index contributed by atoms with van der Waals surface area (Å²) in [7, 11) is 0. The van der Waals surface area contributed by atoms with Gasteiger partial charge in [-0.15, -0.1) is 0 Å². The zero-order valence-corrected chi connectivity index (χ0v) is 16.8. The summed E-state index contributed by atoms with van der Waals surface area (Å²) in [5.74, 6) is -0.464. The van der Waals surface area contributed by atoms with Gasteiger partial charge in [0.1, 0.15) is 0 Å². The Balaban J connectivity index is 1.45. The van der Waals surface area contributed by atoms with Gasteiger partial charge in [0.15, 0.2) is 0 Å². The van der Waals surface area contributed by atoms with Crippen LogP contribution in [0.2, 0.25) is 0 Å². The van der Waals surface area contributed by atoms with Gasteiger partial charge in [0.05, 0.1) is 30.5 Å². The molecule has 0 aromatic heterocycles. The van der Waals surface area contributed by atoms with Crippen molar-refractivity contribution in [3.8, 4) is 0 Å². The number of para-hydroxylation sites is 2. The molecular weight excluding hydrogens is 366 g/mol. The van der Waals surface area contributed by atoms with Crippen molar-refractivity contribution >= 4 is 28.9 Å². The highest BCUT2D eigenvalue weighted by Gasteiger charge is 2.35. The van der Waals surface area contributed by atoms with Gasteiger partial charge in [-0.25, -0.2) is 0 Å². The Morgan fingerprint density at radius 3 is 2.55 bits per heavy atom. The Morgan fingerprint density at radius 1 is 1.10 bits per heavy atom. The number of carbonyl (C=O) groups is 2. The number of benzene rings is 2. The van der Waals surface area contributed by atoms with Gasteiger partial charge in [-0.2, -0.15) is 0 Å². The van der Waals surface area contributed by atoms with E-state index in [1.165, 1.54) is 5.56 Å². The van der Waals surface area contributed by atoms with Crippen LogP contribution in [0.25, 0.3) is 0 Å². The van der Waals surface area contributed by atoms with Crippen molar-refractivity contribution in [2.45, 2.75) is 19.8 Å². The maximum absolute atomic E-state index is 12.9. The van der Waals surface area contributed by atoms with Crippen LogP contribution in [0.1, 0.15) is 18.9 Å². The minimum Gasteiger partial charge on any atom is -0.378 e. The van der Waals surface area contributed by atoms with Gasteiger partial charge in [0.2, 0.25) is 11.8 Å². The molecule has 2 aromatic carbocycles. The maximum atomic E-state index is 12.9. The molecule has 6 heteroatoms. The normalized spacial score (nSPS) is 19.5.